The van der Waals surface area contributed by atoms with Gasteiger partial charge in [0.25, 0.3) is 0 Å². The summed E-state index contributed by atoms with van der Waals surface area (Å²) < 4.78 is 7.62. The highest BCUT2D eigenvalue weighted by atomic mass is 32.1. The van der Waals surface area contributed by atoms with Gasteiger partial charge in [0.2, 0.25) is 0 Å². The van der Waals surface area contributed by atoms with Crippen LogP contribution in [-0.2, 0) is 17.4 Å². The minimum absolute atomic E-state index is 0.0419. The Hall–Kier alpha value is -5.32. The summed E-state index contributed by atoms with van der Waals surface area (Å²) >= 11 is 1.76. The predicted molar refractivity (Wildman–Crippen MR) is 250 cm³/mol. The molecule has 0 aliphatic carbocycles. The van der Waals surface area contributed by atoms with Gasteiger partial charge in [0, 0.05) is 44.1 Å². The molecule has 0 fully saturated rings. The predicted octanol–water partition coefficient (Wildman–Crippen LogP) is 14.5. The topological polar surface area (TPSA) is 19.6 Å². The molecule has 0 unspecified atom stereocenters. The molecule has 0 radical (unpaired) electrons. The van der Waals surface area contributed by atoms with Crippen LogP contribution in [0, 0.1) is 19.3 Å². The fraction of sp³-hybridized carbons (Fsp3) is 0.283. The number of anilines is 5. The smallest absolute Gasteiger partial charge is 0.137 e. The molecule has 0 N–H and O–H groups in total. The Morgan fingerprint density at radius 2 is 1.28 bits per heavy atom. The lowest BCUT2D eigenvalue weighted by molar-refractivity contribution is 0.544. The summed E-state index contributed by atoms with van der Waals surface area (Å²) in [6.45, 7) is 30.1. The standard InChI is InChI=1S/C53H58N2OS/c1-35-31-38(33-54(41-26-22-39(23-27-41)52(7,8)9)46-34-57-49(37(46)3)21-16-30-51(4,5)6)36(2)45(32-35)55(42-28-24-40(25-29-42)53(10,11)12)44-18-15-20-48-50(44)43-17-13-14-19-47(43)56-48/h13-32,34H,3,33H2,1-2,4-12H3/b30-16+,49-21+. The summed E-state index contributed by atoms with van der Waals surface area (Å²) in [7, 11) is 0. The molecular weight excluding hydrogens is 713 g/mol. The third kappa shape index (κ3) is 8.38. The summed E-state index contributed by atoms with van der Waals surface area (Å²) in [6.07, 6.45) is 6.64. The molecule has 0 saturated carbocycles. The van der Waals surface area contributed by atoms with E-state index in [0.29, 0.717) is 6.54 Å². The van der Waals surface area contributed by atoms with Crippen LogP contribution >= 0.6 is 11.3 Å². The number of hydrogen-bond donors (Lipinski definition) is 0. The van der Waals surface area contributed by atoms with Crippen molar-refractivity contribution < 1.29 is 4.42 Å². The summed E-state index contributed by atoms with van der Waals surface area (Å²) in [5.41, 5.74) is 13.9. The van der Waals surface area contributed by atoms with Gasteiger partial charge in [-0.15, -0.1) is 11.3 Å². The molecule has 7 aromatic rings. The van der Waals surface area contributed by atoms with Gasteiger partial charge in [0.05, 0.1) is 16.8 Å². The molecule has 57 heavy (non-hydrogen) atoms. The lowest BCUT2D eigenvalue weighted by atomic mass is 9.87. The molecule has 292 valence electrons. The van der Waals surface area contributed by atoms with E-state index in [1.807, 2.05) is 6.07 Å². The van der Waals surface area contributed by atoms with Crippen molar-refractivity contribution in [1.29, 1.82) is 0 Å². The van der Waals surface area contributed by atoms with Crippen molar-refractivity contribution in [3.8, 4) is 0 Å². The van der Waals surface area contributed by atoms with Crippen LogP contribution < -0.4 is 19.6 Å². The van der Waals surface area contributed by atoms with Crippen molar-refractivity contribution in [2.24, 2.45) is 5.41 Å². The van der Waals surface area contributed by atoms with E-state index in [2.05, 4.69) is 213 Å². The third-order valence-corrected chi connectivity index (χ3v) is 11.9. The van der Waals surface area contributed by atoms with Crippen LogP contribution in [0.3, 0.4) is 0 Å². The van der Waals surface area contributed by atoms with Gasteiger partial charge in [0.1, 0.15) is 11.2 Å². The van der Waals surface area contributed by atoms with Crippen LogP contribution in [0.1, 0.15) is 90.1 Å². The average molecular weight is 771 g/mol. The van der Waals surface area contributed by atoms with E-state index in [1.165, 1.54) is 32.3 Å². The number of rotatable bonds is 8. The van der Waals surface area contributed by atoms with E-state index in [1.54, 1.807) is 11.3 Å². The van der Waals surface area contributed by atoms with E-state index in [0.717, 1.165) is 55.6 Å². The normalized spacial score (nSPS) is 13.0. The lowest BCUT2D eigenvalue weighted by Gasteiger charge is -2.31. The molecule has 0 amide bonds. The molecule has 7 rings (SSSR count). The molecular formula is C53H58N2OS. The van der Waals surface area contributed by atoms with Gasteiger partial charge >= 0.3 is 0 Å². The molecule has 5 aromatic carbocycles. The Bertz CT molecular complexity index is 2690. The van der Waals surface area contributed by atoms with Gasteiger partial charge < -0.3 is 14.2 Å². The molecule has 0 aliphatic rings. The Labute approximate surface area is 344 Å². The average Bonchev–Trinajstić information content (AvgIpc) is 3.71. The van der Waals surface area contributed by atoms with E-state index in [-0.39, 0.29) is 16.2 Å². The maximum absolute atomic E-state index is 6.45. The molecule has 2 heterocycles. The molecule has 2 aromatic heterocycles. The van der Waals surface area contributed by atoms with Gasteiger partial charge in [0.15, 0.2) is 0 Å². The number of benzene rings is 5. The minimum atomic E-state index is 0.0419. The maximum Gasteiger partial charge on any atom is 0.137 e. The fourth-order valence-corrected chi connectivity index (χ4v) is 8.49. The zero-order valence-electron chi connectivity index (χ0n) is 35.7. The van der Waals surface area contributed by atoms with Gasteiger partial charge in [-0.05, 0) is 113 Å². The summed E-state index contributed by atoms with van der Waals surface area (Å²) in [4.78, 5) is 4.89. The van der Waals surface area contributed by atoms with Crippen molar-refractivity contribution in [2.75, 3.05) is 9.80 Å². The van der Waals surface area contributed by atoms with E-state index < -0.39 is 0 Å². The Morgan fingerprint density at radius 3 is 1.91 bits per heavy atom. The van der Waals surface area contributed by atoms with Crippen LogP contribution in [0.4, 0.5) is 28.4 Å². The first kappa shape index (κ1) is 39.9. The third-order valence-electron chi connectivity index (χ3n) is 10.9. The number of hydrogen-bond acceptors (Lipinski definition) is 4. The first-order valence-electron chi connectivity index (χ1n) is 20.1. The van der Waals surface area contributed by atoms with Crippen molar-refractivity contribution in [2.45, 2.75) is 93.5 Å². The largest absolute Gasteiger partial charge is 0.456 e. The highest BCUT2D eigenvalue weighted by Crippen LogP contribution is 2.45. The zero-order chi connectivity index (χ0) is 40.9. The summed E-state index contributed by atoms with van der Waals surface area (Å²) in [5, 5.41) is 5.54. The lowest BCUT2D eigenvalue weighted by Crippen LogP contribution is -2.27. The second-order valence-electron chi connectivity index (χ2n) is 18.7. The van der Waals surface area contributed by atoms with Gasteiger partial charge in [-0.2, -0.15) is 0 Å². The van der Waals surface area contributed by atoms with Gasteiger partial charge in [-0.3, -0.25) is 0 Å². The van der Waals surface area contributed by atoms with Crippen LogP contribution in [0.25, 0.3) is 34.6 Å². The number of furan rings is 1. The van der Waals surface area contributed by atoms with E-state index in [4.69, 9.17) is 4.42 Å². The van der Waals surface area contributed by atoms with E-state index >= 15 is 0 Å². The number of aryl methyl sites for hydroxylation is 1. The number of fused-ring (bicyclic) bond motifs is 3. The molecule has 4 heteroatoms. The van der Waals surface area contributed by atoms with Crippen LogP contribution in [-0.4, -0.2) is 0 Å². The Morgan fingerprint density at radius 1 is 0.667 bits per heavy atom. The molecule has 0 spiro atoms. The van der Waals surface area contributed by atoms with Crippen molar-refractivity contribution >= 4 is 74.4 Å². The minimum Gasteiger partial charge on any atom is -0.456 e. The van der Waals surface area contributed by atoms with E-state index in [9.17, 15) is 0 Å². The highest BCUT2D eigenvalue weighted by Gasteiger charge is 2.24. The van der Waals surface area contributed by atoms with Crippen LogP contribution in [0.2, 0.25) is 0 Å². The number of allylic oxidation sites excluding steroid dienone is 2. The monoisotopic (exact) mass is 770 g/mol. The number of para-hydroxylation sites is 1. The second kappa shape index (κ2) is 15.2. The first-order valence-corrected chi connectivity index (χ1v) is 21.0. The Balaban J connectivity index is 1.41. The number of nitrogens with zero attached hydrogens (tertiary/aromatic N) is 2. The SMILES string of the molecule is C=c1c(N(Cc2cc(C)cc(N(c3ccc(C(C)(C)C)cc3)c3cccc4oc5ccccc5c34)c2C)c2ccc(C(C)(C)C)cc2)cs/c1=C/C=C/C(C)(C)C. The van der Waals surface area contributed by atoms with Gasteiger partial charge in [-0.1, -0.05) is 136 Å². The molecule has 0 bridgehead atoms. The van der Waals surface area contributed by atoms with Gasteiger partial charge in [-0.25, -0.2) is 0 Å². The quantitative estimate of drug-likeness (QED) is 0.153. The summed E-state index contributed by atoms with van der Waals surface area (Å²) in [6, 6.07) is 37.7. The molecule has 0 aliphatic heterocycles. The molecule has 0 atom stereocenters. The number of thiophene rings is 1. The van der Waals surface area contributed by atoms with Crippen LogP contribution in [0.5, 0.6) is 0 Å². The van der Waals surface area contributed by atoms with Crippen molar-refractivity contribution in [3.63, 3.8) is 0 Å². The first-order chi connectivity index (χ1) is 26.9. The molecule has 0 saturated heterocycles. The van der Waals surface area contributed by atoms with Crippen molar-refractivity contribution in [3.05, 3.63) is 158 Å². The summed E-state index contributed by atoms with van der Waals surface area (Å²) in [5.74, 6) is 0. The maximum atomic E-state index is 6.45. The fourth-order valence-electron chi connectivity index (χ4n) is 7.58. The Kier molecular flexibility index (Phi) is 10.6. The second-order valence-corrected chi connectivity index (χ2v) is 19.6. The van der Waals surface area contributed by atoms with Crippen molar-refractivity contribution in [1.82, 2.24) is 0 Å². The highest BCUT2D eigenvalue weighted by molar-refractivity contribution is 7.08. The zero-order valence-corrected chi connectivity index (χ0v) is 36.6. The van der Waals surface area contributed by atoms with Crippen LogP contribution in [0.15, 0.2) is 125 Å². The molecule has 3 nitrogen and oxygen atoms in total.